The Balaban J connectivity index is 2.63. The number of hydrazone groups is 1. The summed E-state index contributed by atoms with van der Waals surface area (Å²) in [5, 5.41) is 5.75. The minimum atomic E-state index is -1.36. The lowest BCUT2D eigenvalue weighted by molar-refractivity contribution is 0.0117. The van der Waals surface area contributed by atoms with Gasteiger partial charge in [0.2, 0.25) is 0 Å². The molecule has 11 heteroatoms. The molecule has 0 fully saturated rings. The predicted molar refractivity (Wildman–Crippen MR) is 139 cm³/mol. The summed E-state index contributed by atoms with van der Waals surface area (Å²) in [7, 11) is 0. The summed E-state index contributed by atoms with van der Waals surface area (Å²) >= 11 is 5.00. The second-order valence-corrected chi connectivity index (χ2v) is 13.3. The van der Waals surface area contributed by atoms with Gasteiger partial charge in [-0.3, -0.25) is 0 Å². The van der Waals surface area contributed by atoms with E-state index in [4.69, 9.17) is 25.8 Å². The van der Waals surface area contributed by atoms with E-state index in [1.165, 1.54) is 0 Å². The molecular formula is C23H31ClIN3O6. The molecule has 0 saturated heterocycles. The lowest BCUT2D eigenvalue weighted by Gasteiger charge is -2.31. The number of halogens is 2. The highest BCUT2D eigenvalue weighted by atomic mass is 127. The second kappa shape index (κ2) is 10.2. The molecule has 0 unspecified atom stereocenters. The van der Waals surface area contributed by atoms with Gasteiger partial charge in [0.25, 0.3) is 0 Å². The van der Waals surface area contributed by atoms with E-state index in [-0.39, 0.29) is 3.76 Å². The molecule has 1 aliphatic rings. The number of hydrogen-bond acceptors (Lipinski definition) is 7. The zero-order chi connectivity index (χ0) is 26.1. The monoisotopic (exact) mass is 607 g/mol. The molecule has 1 aromatic carbocycles. The summed E-state index contributed by atoms with van der Waals surface area (Å²) in [6, 6.07) is 6.99. The summed E-state index contributed by atoms with van der Waals surface area (Å²) in [6.07, 6.45) is -2.82. The average molecular weight is 608 g/mol. The van der Waals surface area contributed by atoms with Crippen molar-refractivity contribution in [3.05, 3.63) is 34.9 Å². The number of ether oxygens (including phenoxy) is 3. The number of hydrogen-bond donors (Lipinski definition) is 0. The Labute approximate surface area is 215 Å². The fourth-order valence-electron chi connectivity index (χ4n) is 2.40. The quantitative estimate of drug-likeness (QED) is 0.282. The highest BCUT2D eigenvalue weighted by Crippen LogP contribution is 2.31. The first-order chi connectivity index (χ1) is 15.4. The van der Waals surface area contributed by atoms with Crippen molar-refractivity contribution in [2.45, 2.75) is 79.1 Å². The van der Waals surface area contributed by atoms with Gasteiger partial charge in [-0.15, -0.1) is 5.01 Å². The third-order valence-corrected chi connectivity index (χ3v) is 6.59. The van der Waals surface area contributed by atoms with Gasteiger partial charge in [0.1, 0.15) is 20.5 Å². The van der Waals surface area contributed by atoms with E-state index in [1.807, 2.05) is 0 Å². The molecule has 34 heavy (non-hydrogen) atoms. The van der Waals surface area contributed by atoms with E-state index >= 15 is 0 Å². The van der Waals surface area contributed by atoms with Gasteiger partial charge in [-0.1, -0.05) is 29.8 Å². The topological polar surface area (TPSA) is 97.7 Å². The second-order valence-electron chi connectivity index (χ2n) is 10.3. The van der Waals surface area contributed by atoms with Crippen LogP contribution in [0.25, 0.3) is 0 Å². The maximum atomic E-state index is 13.2. The fourth-order valence-corrected chi connectivity index (χ4v) is 5.49. The SMILES string of the molecule is CC(C)(C)OC(=O)N1N=C(c2ccccc2Cl)I=C1N(C(=O)OC(C)(C)C)C(=O)OC(C)(C)C. The van der Waals surface area contributed by atoms with E-state index in [0.29, 0.717) is 14.3 Å². The van der Waals surface area contributed by atoms with Gasteiger partial charge in [0.05, 0.1) is 5.02 Å². The van der Waals surface area contributed by atoms with Crippen LogP contribution < -0.4 is 0 Å². The van der Waals surface area contributed by atoms with Crippen LogP contribution in [0.5, 0.6) is 0 Å². The van der Waals surface area contributed by atoms with Crippen LogP contribution in [0, 0.1) is 0 Å². The molecule has 9 nitrogen and oxygen atoms in total. The van der Waals surface area contributed by atoms with Gasteiger partial charge >= 0.3 is 18.3 Å². The Morgan fingerprint density at radius 3 is 1.76 bits per heavy atom. The predicted octanol–water partition coefficient (Wildman–Crippen LogP) is 6.48. The summed E-state index contributed by atoms with van der Waals surface area (Å²) in [6.45, 7) is 15.1. The first-order valence-corrected chi connectivity index (χ1v) is 13.1. The smallest absolute Gasteiger partial charge is 0.437 e. The summed E-state index contributed by atoms with van der Waals surface area (Å²) < 4.78 is 16.9. The molecule has 3 amide bonds. The van der Waals surface area contributed by atoms with Gasteiger partial charge in [0.15, 0.2) is 3.76 Å². The van der Waals surface area contributed by atoms with E-state index in [0.717, 1.165) is 9.91 Å². The van der Waals surface area contributed by atoms with Crippen molar-refractivity contribution >= 4 is 58.1 Å². The van der Waals surface area contributed by atoms with Crippen LogP contribution in [0.15, 0.2) is 29.4 Å². The molecule has 1 heterocycles. The van der Waals surface area contributed by atoms with Gasteiger partial charge < -0.3 is 14.2 Å². The van der Waals surface area contributed by atoms with Crippen molar-refractivity contribution in [2.75, 3.05) is 0 Å². The molecule has 0 aromatic heterocycles. The third kappa shape index (κ3) is 7.93. The molecular weight excluding hydrogens is 577 g/mol. The van der Waals surface area contributed by atoms with Crippen molar-refractivity contribution in [3.63, 3.8) is 0 Å². The summed E-state index contributed by atoms with van der Waals surface area (Å²) in [4.78, 5) is 40.2. The summed E-state index contributed by atoms with van der Waals surface area (Å²) in [5.74, 6) is 0. The Hall–Kier alpha value is -2.21. The van der Waals surface area contributed by atoms with Crippen LogP contribution in [0.1, 0.15) is 67.9 Å². The molecule has 188 valence electrons. The van der Waals surface area contributed by atoms with Crippen LogP contribution in [-0.4, -0.2) is 52.5 Å². The molecule has 0 aliphatic carbocycles. The van der Waals surface area contributed by atoms with Gasteiger partial charge in [-0.05, 0) is 89.1 Å². The standard InChI is InChI=1S/C23H31ClIN3O6/c1-21(2,3)32-18(29)27(19(30)33-22(4,5)6)17-25-16(14-12-10-11-13-15(14)24)26-28(17)20(31)34-23(7,8)9/h10-13H,1-9H3. The van der Waals surface area contributed by atoms with Crippen molar-refractivity contribution in [1.82, 2.24) is 9.91 Å². The molecule has 1 aliphatic heterocycles. The largest absolute Gasteiger partial charge is 0.443 e. The maximum absolute atomic E-state index is 13.2. The molecule has 0 N–H and O–H groups in total. The maximum Gasteiger partial charge on any atom is 0.437 e. The van der Waals surface area contributed by atoms with Crippen LogP contribution in [0.4, 0.5) is 14.4 Å². The number of nitrogens with zero attached hydrogens (tertiary/aromatic N) is 3. The molecule has 0 atom stereocenters. The van der Waals surface area contributed by atoms with Crippen LogP contribution in [-0.2, 0) is 14.2 Å². The minimum Gasteiger partial charge on any atom is -0.443 e. The molecule has 0 bridgehead atoms. The van der Waals surface area contributed by atoms with Crippen LogP contribution in [0.2, 0.25) is 5.02 Å². The Bertz CT molecular complexity index is 1010. The fraction of sp³-hybridized carbons (Fsp3) is 0.522. The molecule has 0 spiro atoms. The first-order valence-electron chi connectivity index (χ1n) is 10.5. The van der Waals surface area contributed by atoms with Crippen LogP contribution >= 0.6 is 32.3 Å². The van der Waals surface area contributed by atoms with Crippen molar-refractivity contribution in [3.8, 4) is 0 Å². The average Bonchev–Trinajstić information content (AvgIpc) is 3.02. The van der Waals surface area contributed by atoms with Gasteiger partial charge in [0, 0.05) is 5.56 Å². The normalized spacial score (nSPS) is 14.5. The lowest BCUT2D eigenvalue weighted by Crippen LogP contribution is -2.52. The summed E-state index contributed by atoms with van der Waals surface area (Å²) in [5.41, 5.74) is -2.06. The van der Waals surface area contributed by atoms with Crippen molar-refractivity contribution < 1.29 is 28.6 Å². The number of amides is 3. The lowest BCUT2D eigenvalue weighted by atomic mass is 10.2. The Kier molecular flexibility index (Phi) is 8.40. The zero-order valence-electron chi connectivity index (χ0n) is 20.9. The van der Waals surface area contributed by atoms with Gasteiger partial charge in [-0.25, -0.2) is 14.4 Å². The number of rotatable bonds is 2. The molecule has 2 rings (SSSR count). The Morgan fingerprint density at radius 1 is 0.853 bits per heavy atom. The van der Waals surface area contributed by atoms with Crippen molar-refractivity contribution in [2.24, 2.45) is 5.10 Å². The van der Waals surface area contributed by atoms with Gasteiger partial charge in [-0.2, -0.15) is 10.0 Å². The highest BCUT2D eigenvalue weighted by Gasteiger charge is 2.42. The number of benzene rings is 1. The number of carbonyl (C=O) groups excluding carboxylic acids is 3. The van der Waals surface area contributed by atoms with Crippen LogP contribution in [0.3, 0.4) is 0 Å². The first kappa shape index (κ1) is 28.0. The minimum absolute atomic E-state index is 0.0199. The highest BCUT2D eigenvalue weighted by molar-refractivity contribution is 14.2. The van der Waals surface area contributed by atoms with Crippen molar-refractivity contribution in [1.29, 1.82) is 0 Å². The third-order valence-electron chi connectivity index (χ3n) is 3.54. The van der Waals surface area contributed by atoms with E-state index in [1.54, 1.807) is 86.6 Å². The molecule has 0 radical (unpaired) electrons. The zero-order valence-corrected chi connectivity index (χ0v) is 23.8. The molecule has 0 saturated carbocycles. The Morgan fingerprint density at radius 2 is 1.32 bits per heavy atom. The van der Waals surface area contributed by atoms with E-state index in [9.17, 15) is 14.4 Å². The molecule has 1 aromatic rings. The number of carbonyl (C=O) groups is 3. The van der Waals surface area contributed by atoms with E-state index < -0.39 is 55.8 Å². The number of imide groups is 1. The van der Waals surface area contributed by atoms with E-state index in [2.05, 4.69) is 5.10 Å².